The van der Waals surface area contributed by atoms with E-state index in [1.165, 1.54) is 31.2 Å². The van der Waals surface area contributed by atoms with Gasteiger partial charge < -0.3 is 15.2 Å². The van der Waals surface area contributed by atoms with Gasteiger partial charge in [-0.05, 0) is 31.7 Å². The number of rotatable bonds is 6. The first kappa shape index (κ1) is 15.0. The summed E-state index contributed by atoms with van der Waals surface area (Å²) in [6.07, 6.45) is 6.66. The van der Waals surface area contributed by atoms with Crippen LogP contribution in [0.4, 0.5) is 0 Å². The van der Waals surface area contributed by atoms with Gasteiger partial charge in [0, 0.05) is 18.1 Å². The van der Waals surface area contributed by atoms with Gasteiger partial charge in [-0.15, -0.1) is 0 Å². The van der Waals surface area contributed by atoms with Gasteiger partial charge in [0.1, 0.15) is 0 Å². The summed E-state index contributed by atoms with van der Waals surface area (Å²) in [5.74, 6) is 0. The van der Waals surface area contributed by atoms with Crippen LogP contribution in [-0.4, -0.2) is 30.5 Å². The predicted molar refractivity (Wildman–Crippen MR) is 84.1 cm³/mol. The number of hydrogen-bond acceptors (Lipinski definition) is 3. The first-order valence-electron chi connectivity index (χ1n) is 8.33. The third kappa shape index (κ3) is 2.75. The Morgan fingerprint density at radius 3 is 2.62 bits per heavy atom. The number of ether oxygens (including phenoxy) is 1. The van der Waals surface area contributed by atoms with Crippen molar-refractivity contribution in [2.75, 3.05) is 13.2 Å². The van der Waals surface area contributed by atoms with Crippen LogP contribution in [-0.2, 0) is 4.74 Å². The van der Waals surface area contributed by atoms with E-state index in [0.717, 1.165) is 13.0 Å². The summed E-state index contributed by atoms with van der Waals surface area (Å²) in [7, 11) is 0. The van der Waals surface area contributed by atoms with Crippen molar-refractivity contribution in [1.82, 2.24) is 5.32 Å². The Morgan fingerprint density at radius 2 is 2.00 bits per heavy atom. The molecule has 116 valence electrons. The Morgan fingerprint density at radius 1 is 1.29 bits per heavy atom. The van der Waals surface area contributed by atoms with E-state index < -0.39 is 0 Å². The highest BCUT2D eigenvalue weighted by Crippen LogP contribution is 2.55. The van der Waals surface area contributed by atoms with Gasteiger partial charge in [-0.2, -0.15) is 0 Å². The molecular weight excluding hydrogens is 262 g/mol. The van der Waals surface area contributed by atoms with Crippen LogP contribution in [0.3, 0.4) is 0 Å². The van der Waals surface area contributed by atoms with Crippen molar-refractivity contribution in [3.8, 4) is 0 Å². The average Bonchev–Trinajstić information content (AvgIpc) is 3.04. The van der Waals surface area contributed by atoms with Crippen molar-refractivity contribution in [2.24, 2.45) is 5.41 Å². The molecule has 3 nitrogen and oxygen atoms in total. The molecule has 2 aliphatic carbocycles. The summed E-state index contributed by atoms with van der Waals surface area (Å²) >= 11 is 0. The van der Waals surface area contributed by atoms with Gasteiger partial charge in [-0.3, -0.25) is 0 Å². The topological polar surface area (TPSA) is 41.5 Å². The van der Waals surface area contributed by atoms with E-state index in [9.17, 15) is 5.11 Å². The van der Waals surface area contributed by atoms with Crippen LogP contribution in [0.2, 0.25) is 0 Å². The lowest BCUT2D eigenvalue weighted by Crippen LogP contribution is -2.63. The molecule has 1 aromatic rings. The minimum Gasteiger partial charge on any atom is -0.394 e. The van der Waals surface area contributed by atoms with Gasteiger partial charge >= 0.3 is 0 Å². The van der Waals surface area contributed by atoms with Crippen LogP contribution in [0.25, 0.3) is 0 Å². The summed E-state index contributed by atoms with van der Waals surface area (Å²) < 4.78 is 5.96. The standard InChI is InChI=1S/C18H27NO2/c1-2-21-17-12-16(18(17)10-6-7-11-18)19-15(13-20)14-8-4-3-5-9-14/h3-5,8-9,15-17,19-20H,2,6-7,10-13H2,1H3. The maximum Gasteiger partial charge on any atom is 0.0661 e. The van der Waals surface area contributed by atoms with Crippen molar-refractivity contribution in [1.29, 1.82) is 0 Å². The molecule has 0 amide bonds. The zero-order chi connectivity index (χ0) is 14.7. The van der Waals surface area contributed by atoms with Crippen LogP contribution in [0.1, 0.15) is 50.6 Å². The molecule has 2 saturated carbocycles. The third-order valence-corrected chi connectivity index (χ3v) is 5.47. The quantitative estimate of drug-likeness (QED) is 0.846. The summed E-state index contributed by atoms with van der Waals surface area (Å²) in [6, 6.07) is 10.8. The summed E-state index contributed by atoms with van der Waals surface area (Å²) in [4.78, 5) is 0. The molecule has 3 atom stereocenters. The molecule has 0 radical (unpaired) electrons. The zero-order valence-electron chi connectivity index (χ0n) is 12.9. The zero-order valence-corrected chi connectivity index (χ0v) is 12.9. The molecule has 0 aliphatic heterocycles. The highest BCUT2D eigenvalue weighted by Gasteiger charge is 2.56. The third-order valence-electron chi connectivity index (χ3n) is 5.47. The first-order valence-corrected chi connectivity index (χ1v) is 8.33. The van der Waals surface area contributed by atoms with Crippen LogP contribution in [0, 0.1) is 5.41 Å². The first-order chi connectivity index (χ1) is 10.3. The van der Waals surface area contributed by atoms with Gasteiger partial charge in [0.25, 0.3) is 0 Å². The Balaban J connectivity index is 1.69. The van der Waals surface area contributed by atoms with E-state index in [2.05, 4.69) is 24.4 Å². The number of aliphatic hydroxyl groups excluding tert-OH is 1. The normalized spacial score (nSPS) is 28.5. The maximum atomic E-state index is 9.75. The van der Waals surface area contributed by atoms with Crippen LogP contribution in [0.15, 0.2) is 30.3 Å². The van der Waals surface area contributed by atoms with E-state index in [1.807, 2.05) is 18.2 Å². The Bertz CT molecular complexity index is 442. The molecule has 3 heteroatoms. The number of nitrogens with one attached hydrogen (secondary N) is 1. The van der Waals surface area contributed by atoms with E-state index in [4.69, 9.17) is 4.74 Å². The molecule has 2 fully saturated rings. The number of benzene rings is 1. The van der Waals surface area contributed by atoms with Crippen molar-refractivity contribution >= 4 is 0 Å². The Hall–Kier alpha value is -0.900. The molecular formula is C18H27NO2. The molecule has 1 aromatic carbocycles. The minimum atomic E-state index is 0.0382. The van der Waals surface area contributed by atoms with Gasteiger partial charge in [-0.25, -0.2) is 0 Å². The van der Waals surface area contributed by atoms with Gasteiger partial charge in [0.15, 0.2) is 0 Å². The molecule has 0 heterocycles. The van der Waals surface area contributed by atoms with E-state index >= 15 is 0 Å². The second-order valence-corrected chi connectivity index (χ2v) is 6.49. The second-order valence-electron chi connectivity index (χ2n) is 6.49. The Labute approximate surface area is 127 Å². The summed E-state index contributed by atoms with van der Waals surface area (Å²) in [6.45, 7) is 3.04. The lowest BCUT2D eigenvalue weighted by Gasteiger charge is -2.55. The second kappa shape index (κ2) is 6.47. The van der Waals surface area contributed by atoms with Crippen molar-refractivity contribution in [3.05, 3.63) is 35.9 Å². The lowest BCUT2D eigenvalue weighted by molar-refractivity contribution is -0.133. The van der Waals surface area contributed by atoms with Gasteiger partial charge in [0.05, 0.1) is 18.8 Å². The molecule has 2 aliphatic rings. The molecule has 21 heavy (non-hydrogen) atoms. The van der Waals surface area contributed by atoms with Crippen molar-refractivity contribution in [2.45, 2.75) is 57.2 Å². The van der Waals surface area contributed by atoms with Gasteiger partial charge in [-0.1, -0.05) is 43.2 Å². The molecule has 3 unspecified atom stereocenters. The SMILES string of the molecule is CCOC1CC(NC(CO)c2ccccc2)C12CCCC2. The smallest absolute Gasteiger partial charge is 0.0661 e. The molecule has 0 bridgehead atoms. The minimum absolute atomic E-state index is 0.0382. The summed E-state index contributed by atoms with van der Waals surface area (Å²) in [5.41, 5.74) is 1.49. The fourth-order valence-corrected chi connectivity index (χ4v) is 4.30. The van der Waals surface area contributed by atoms with Crippen LogP contribution < -0.4 is 5.32 Å². The van der Waals surface area contributed by atoms with Crippen LogP contribution in [0.5, 0.6) is 0 Å². The lowest BCUT2D eigenvalue weighted by atomic mass is 9.60. The van der Waals surface area contributed by atoms with Crippen molar-refractivity contribution < 1.29 is 9.84 Å². The number of aliphatic hydroxyl groups is 1. The molecule has 3 rings (SSSR count). The molecule has 0 aromatic heterocycles. The highest BCUT2D eigenvalue weighted by atomic mass is 16.5. The predicted octanol–water partition coefficient (Wildman–Crippen LogP) is 3.05. The average molecular weight is 289 g/mol. The van der Waals surface area contributed by atoms with E-state index in [1.54, 1.807) is 0 Å². The molecule has 2 N–H and O–H groups in total. The molecule has 0 saturated heterocycles. The fraction of sp³-hybridized carbons (Fsp3) is 0.667. The van der Waals surface area contributed by atoms with Crippen LogP contribution >= 0.6 is 0 Å². The molecule has 1 spiro atoms. The van der Waals surface area contributed by atoms with Gasteiger partial charge in [0.2, 0.25) is 0 Å². The van der Waals surface area contributed by atoms with E-state index in [-0.39, 0.29) is 12.6 Å². The largest absolute Gasteiger partial charge is 0.394 e. The highest BCUT2D eigenvalue weighted by molar-refractivity contribution is 5.20. The summed E-state index contributed by atoms with van der Waals surface area (Å²) in [5, 5.41) is 13.5. The maximum absolute atomic E-state index is 9.75. The van der Waals surface area contributed by atoms with E-state index in [0.29, 0.717) is 17.6 Å². The number of hydrogen-bond donors (Lipinski definition) is 2. The van der Waals surface area contributed by atoms with Crippen molar-refractivity contribution in [3.63, 3.8) is 0 Å². The monoisotopic (exact) mass is 289 g/mol. The fourth-order valence-electron chi connectivity index (χ4n) is 4.30. The Kier molecular flexibility index (Phi) is 4.63.